The quantitative estimate of drug-likeness (QED) is 0.265. The van der Waals surface area contributed by atoms with Crippen molar-refractivity contribution in [3.8, 4) is 5.75 Å². The minimum absolute atomic E-state index is 0. The van der Waals surface area contributed by atoms with Crippen molar-refractivity contribution in [3.05, 3.63) is 53.7 Å². The van der Waals surface area contributed by atoms with Gasteiger partial charge in [-0.3, -0.25) is 14.5 Å². The van der Waals surface area contributed by atoms with Gasteiger partial charge < -0.3 is 14.6 Å². The summed E-state index contributed by atoms with van der Waals surface area (Å²) in [4.78, 5) is 37.4. The number of benzene rings is 2. The molecule has 2 aromatic heterocycles. The number of aromatic nitrogens is 2. The Morgan fingerprint density at radius 1 is 1.11 bits per heavy atom. The summed E-state index contributed by atoms with van der Waals surface area (Å²) >= 11 is 1.02. The molecule has 0 spiro atoms. The van der Waals surface area contributed by atoms with Crippen molar-refractivity contribution in [1.82, 2.24) is 14.9 Å². The largest absolute Gasteiger partial charge is 0.573 e. The number of alkyl halides is 3. The number of para-hydroxylation sites is 1. The predicted octanol–water partition coefficient (Wildman–Crippen LogP) is 5.18. The van der Waals surface area contributed by atoms with Crippen molar-refractivity contribution in [2.75, 3.05) is 32.1 Å². The monoisotopic (exact) mass is 526 g/mol. The van der Waals surface area contributed by atoms with Gasteiger partial charge in [0.1, 0.15) is 5.75 Å². The molecule has 0 bridgehead atoms. The van der Waals surface area contributed by atoms with E-state index in [1.807, 2.05) is 31.1 Å². The van der Waals surface area contributed by atoms with Crippen molar-refractivity contribution < 1.29 is 27.5 Å². The highest BCUT2D eigenvalue weighted by Gasteiger charge is 2.32. The highest BCUT2D eigenvalue weighted by molar-refractivity contribution is 7.22. The number of fused-ring (bicyclic) bond motifs is 2. The third-order valence-corrected chi connectivity index (χ3v) is 6.19. The molecule has 0 radical (unpaired) electrons. The second-order valence-electron chi connectivity index (χ2n) is 7.93. The van der Waals surface area contributed by atoms with Gasteiger partial charge in [0.25, 0.3) is 5.78 Å². The fourth-order valence-corrected chi connectivity index (χ4v) is 4.61. The number of H-pyrrole nitrogens is 1. The summed E-state index contributed by atoms with van der Waals surface area (Å²) in [5.41, 5.74) is 2.00. The van der Waals surface area contributed by atoms with E-state index in [-0.39, 0.29) is 35.4 Å². The maximum Gasteiger partial charge on any atom is 0.573 e. The Bertz CT molecular complexity index is 1380. The van der Waals surface area contributed by atoms with Gasteiger partial charge in [-0.25, -0.2) is 4.98 Å². The Hall–Kier alpha value is -3.15. The van der Waals surface area contributed by atoms with Crippen molar-refractivity contribution >= 4 is 61.7 Å². The molecular weight excluding hydrogens is 505 g/mol. The number of ketones is 1. The van der Waals surface area contributed by atoms with E-state index in [0.29, 0.717) is 27.8 Å². The van der Waals surface area contributed by atoms with E-state index in [2.05, 4.69) is 14.7 Å². The van der Waals surface area contributed by atoms with E-state index < -0.39 is 18.1 Å². The molecule has 0 unspecified atom stereocenters. The Kier molecular flexibility index (Phi) is 7.73. The number of Topliss-reactive ketones (excluding diaryl/α,β-unsaturated/α-hetero) is 1. The van der Waals surface area contributed by atoms with Crippen LogP contribution in [0.4, 0.5) is 18.3 Å². The third kappa shape index (κ3) is 5.75. The second-order valence-corrected chi connectivity index (χ2v) is 8.94. The van der Waals surface area contributed by atoms with Crippen LogP contribution in [0.1, 0.15) is 16.1 Å². The molecule has 186 valence electrons. The number of hydrogen-bond donors (Lipinski definition) is 1. The maximum absolute atomic E-state index is 13.4. The van der Waals surface area contributed by atoms with Crippen LogP contribution in [-0.4, -0.2) is 60.1 Å². The number of thiazole rings is 1. The lowest BCUT2D eigenvalue weighted by Gasteiger charge is -2.21. The summed E-state index contributed by atoms with van der Waals surface area (Å²) < 4.78 is 42.2. The van der Waals surface area contributed by atoms with Gasteiger partial charge in [-0.15, -0.1) is 25.6 Å². The van der Waals surface area contributed by atoms with Crippen molar-refractivity contribution in [2.24, 2.45) is 0 Å². The molecule has 0 aliphatic carbocycles. The Balaban J connectivity index is 0.00000342. The Labute approximate surface area is 208 Å². The molecule has 1 amide bonds. The number of carbonyl (C=O) groups is 2. The van der Waals surface area contributed by atoms with E-state index in [4.69, 9.17) is 0 Å². The topological polar surface area (TPSA) is 78.5 Å². The van der Waals surface area contributed by atoms with Gasteiger partial charge in [-0.1, -0.05) is 29.5 Å². The number of aromatic amines is 1. The average molecular weight is 527 g/mol. The zero-order chi connectivity index (χ0) is 24.6. The first-order chi connectivity index (χ1) is 16.0. The van der Waals surface area contributed by atoms with E-state index in [1.165, 1.54) is 17.0 Å². The fourth-order valence-electron chi connectivity index (χ4n) is 3.59. The van der Waals surface area contributed by atoms with Gasteiger partial charge in [0.15, 0.2) is 5.13 Å². The highest BCUT2D eigenvalue weighted by atomic mass is 35.5. The molecule has 2 aromatic carbocycles. The number of amides is 1. The van der Waals surface area contributed by atoms with Crippen LogP contribution in [0.25, 0.3) is 21.1 Å². The molecular formula is C23H22ClF3N4O3S. The molecule has 4 aromatic rings. The molecule has 0 fully saturated rings. The number of nitrogens with zero attached hydrogens (tertiary/aromatic N) is 3. The number of anilines is 1. The van der Waals surface area contributed by atoms with Crippen LogP contribution in [-0.2, 0) is 4.79 Å². The van der Waals surface area contributed by atoms with E-state index in [0.717, 1.165) is 22.9 Å². The van der Waals surface area contributed by atoms with Crippen LogP contribution in [0, 0.1) is 6.92 Å². The van der Waals surface area contributed by atoms with Crippen LogP contribution in [0.15, 0.2) is 42.5 Å². The van der Waals surface area contributed by atoms with Gasteiger partial charge >= 0.3 is 12.3 Å². The minimum atomic E-state index is -4.82. The van der Waals surface area contributed by atoms with Gasteiger partial charge in [-0.2, -0.15) is 0 Å². The Morgan fingerprint density at radius 3 is 2.51 bits per heavy atom. The van der Waals surface area contributed by atoms with Crippen LogP contribution in [0.2, 0.25) is 0 Å². The van der Waals surface area contributed by atoms with Crippen molar-refractivity contribution in [1.29, 1.82) is 0 Å². The molecule has 12 heteroatoms. The summed E-state index contributed by atoms with van der Waals surface area (Å²) in [5.74, 6) is -1.83. The van der Waals surface area contributed by atoms with Crippen LogP contribution in [0.3, 0.4) is 0 Å². The summed E-state index contributed by atoms with van der Waals surface area (Å²) in [5, 5.41) is 0.862. The first kappa shape index (κ1) is 26.5. The lowest BCUT2D eigenvalue weighted by molar-refractivity contribution is -0.274. The number of likely N-dealkylation sites (N-methyl/N-ethyl adjacent to an activating group) is 1. The van der Waals surface area contributed by atoms with E-state index in [9.17, 15) is 22.8 Å². The zero-order valence-electron chi connectivity index (χ0n) is 19.0. The fraction of sp³-hybridized carbons (Fsp3) is 0.261. The summed E-state index contributed by atoms with van der Waals surface area (Å²) in [6.45, 7) is 2.35. The highest BCUT2D eigenvalue weighted by Crippen LogP contribution is 2.34. The minimum Gasteiger partial charge on any atom is -0.406 e. The molecule has 35 heavy (non-hydrogen) atoms. The molecule has 0 saturated heterocycles. The van der Waals surface area contributed by atoms with Gasteiger partial charge in [0.05, 0.1) is 15.8 Å². The first-order valence-electron chi connectivity index (χ1n) is 10.3. The number of halogens is 4. The predicted molar refractivity (Wildman–Crippen MR) is 132 cm³/mol. The van der Waals surface area contributed by atoms with Crippen molar-refractivity contribution in [2.45, 2.75) is 13.3 Å². The summed E-state index contributed by atoms with van der Waals surface area (Å²) in [7, 11) is 3.65. The SMILES string of the molecule is Cc1[nH]c2ccccc2c1C(=O)C(=O)N(CCN(C)C)c1nc2ccc(OC(F)(F)F)cc2s1.Cl. The molecule has 4 rings (SSSR count). The number of aryl methyl sites for hydroxylation is 1. The van der Waals surface area contributed by atoms with Gasteiger partial charge in [0.2, 0.25) is 0 Å². The van der Waals surface area contributed by atoms with E-state index >= 15 is 0 Å². The molecule has 0 atom stereocenters. The van der Waals surface area contributed by atoms with Gasteiger partial charge in [0, 0.05) is 35.8 Å². The maximum atomic E-state index is 13.4. The number of nitrogens with one attached hydrogen (secondary N) is 1. The van der Waals surface area contributed by atoms with Crippen LogP contribution < -0.4 is 9.64 Å². The zero-order valence-corrected chi connectivity index (χ0v) is 20.6. The number of carbonyl (C=O) groups excluding carboxylic acids is 2. The molecule has 0 aliphatic heterocycles. The van der Waals surface area contributed by atoms with Crippen LogP contribution in [0.5, 0.6) is 5.75 Å². The molecule has 0 saturated carbocycles. The molecule has 1 N–H and O–H groups in total. The average Bonchev–Trinajstić information content (AvgIpc) is 3.31. The molecule has 7 nitrogen and oxygen atoms in total. The lowest BCUT2D eigenvalue weighted by Crippen LogP contribution is -2.41. The number of ether oxygens (including phenoxy) is 1. The third-order valence-electron chi connectivity index (χ3n) is 5.14. The first-order valence-corrected chi connectivity index (χ1v) is 11.1. The van der Waals surface area contributed by atoms with Crippen LogP contribution >= 0.6 is 23.7 Å². The van der Waals surface area contributed by atoms with E-state index in [1.54, 1.807) is 19.1 Å². The van der Waals surface area contributed by atoms with Gasteiger partial charge in [-0.05, 0) is 39.2 Å². The standard InChI is InChI=1S/C23H21F3N4O3S.ClH/c1-13-19(15-6-4-5-7-16(15)27-13)20(31)21(32)30(11-10-29(2)3)22-28-17-9-8-14(12-18(17)34-22)33-23(24,25)26;/h4-9,12,27H,10-11H2,1-3H3;1H. The number of rotatable bonds is 7. The second kappa shape index (κ2) is 10.2. The molecule has 2 heterocycles. The summed E-state index contributed by atoms with van der Waals surface area (Å²) in [6, 6.07) is 11.0. The normalized spacial score (nSPS) is 11.6. The van der Waals surface area contributed by atoms with Crippen molar-refractivity contribution in [3.63, 3.8) is 0 Å². The summed E-state index contributed by atoms with van der Waals surface area (Å²) in [6.07, 6.45) is -4.82. The Morgan fingerprint density at radius 2 is 1.83 bits per heavy atom. The smallest absolute Gasteiger partial charge is 0.406 e. The molecule has 0 aliphatic rings. The lowest BCUT2D eigenvalue weighted by atomic mass is 10.1. The number of hydrogen-bond acceptors (Lipinski definition) is 6.